The van der Waals surface area contributed by atoms with Crippen molar-refractivity contribution >= 4 is 34.9 Å². The first-order valence-corrected chi connectivity index (χ1v) is 7.24. The minimum Gasteiger partial charge on any atom is -0.491 e. The standard InChI is InChI=1S/C16H18N2O4.BrH/c1-21-14(19)6-5-11-3-2-4-13-15(11)16(20)18-8-7-17-9-12(18)10-22-13;/h2-6,12,17H,7-10H2,1H3;1H/b6-5+;. The van der Waals surface area contributed by atoms with Gasteiger partial charge in [-0.2, -0.15) is 0 Å². The van der Waals surface area contributed by atoms with Crippen LogP contribution in [-0.4, -0.2) is 56.2 Å². The molecule has 0 aliphatic carbocycles. The molecule has 1 fully saturated rings. The maximum absolute atomic E-state index is 12.9. The first-order valence-electron chi connectivity index (χ1n) is 7.24. The summed E-state index contributed by atoms with van der Waals surface area (Å²) < 4.78 is 10.4. The Morgan fingerprint density at radius 1 is 1.48 bits per heavy atom. The van der Waals surface area contributed by atoms with Crippen molar-refractivity contribution in [2.24, 2.45) is 0 Å². The maximum atomic E-state index is 12.9. The Labute approximate surface area is 145 Å². The van der Waals surface area contributed by atoms with Gasteiger partial charge < -0.3 is 19.7 Å². The summed E-state index contributed by atoms with van der Waals surface area (Å²) in [5.74, 6) is 0.0511. The van der Waals surface area contributed by atoms with Crippen molar-refractivity contribution in [3.63, 3.8) is 0 Å². The van der Waals surface area contributed by atoms with Gasteiger partial charge in [0.15, 0.2) is 0 Å². The molecule has 7 heteroatoms. The lowest BCUT2D eigenvalue weighted by molar-refractivity contribution is -0.134. The van der Waals surface area contributed by atoms with Crippen molar-refractivity contribution in [3.05, 3.63) is 35.4 Å². The average Bonchev–Trinajstić information content (AvgIpc) is 2.71. The van der Waals surface area contributed by atoms with Crippen LogP contribution < -0.4 is 10.1 Å². The van der Waals surface area contributed by atoms with E-state index in [1.807, 2.05) is 11.0 Å². The lowest BCUT2D eigenvalue weighted by Gasteiger charge is -2.34. The fourth-order valence-corrected chi connectivity index (χ4v) is 2.77. The van der Waals surface area contributed by atoms with Crippen LogP contribution in [0.5, 0.6) is 5.75 Å². The Hall–Kier alpha value is -1.86. The summed E-state index contributed by atoms with van der Waals surface area (Å²) in [5, 5.41) is 3.27. The van der Waals surface area contributed by atoms with E-state index in [0.29, 0.717) is 30.0 Å². The third kappa shape index (κ3) is 3.56. The molecule has 23 heavy (non-hydrogen) atoms. The molecular formula is C16H19BrN2O4. The molecule has 1 amide bonds. The molecule has 2 aliphatic heterocycles. The van der Waals surface area contributed by atoms with E-state index in [4.69, 9.17) is 4.74 Å². The number of amides is 1. The lowest BCUT2D eigenvalue weighted by atomic mass is 10.0. The van der Waals surface area contributed by atoms with Crippen molar-refractivity contribution in [2.75, 3.05) is 33.4 Å². The third-order valence-electron chi connectivity index (χ3n) is 3.91. The van der Waals surface area contributed by atoms with Gasteiger partial charge >= 0.3 is 5.97 Å². The van der Waals surface area contributed by atoms with Crippen molar-refractivity contribution in [1.29, 1.82) is 0 Å². The van der Waals surface area contributed by atoms with Gasteiger partial charge in [-0.3, -0.25) is 4.79 Å². The van der Waals surface area contributed by atoms with Gasteiger partial charge in [0, 0.05) is 25.7 Å². The van der Waals surface area contributed by atoms with Gasteiger partial charge in [0.05, 0.1) is 18.7 Å². The SMILES string of the molecule is Br.COC(=O)/C=C/c1cccc2c1C(=O)N1CCNCC1CO2. The summed E-state index contributed by atoms with van der Waals surface area (Å²) in [7, 11) is 1.32. The molecule has 124 valence electrons. The number of hydrogen-bond donors (Lipinski definition) is 1. The zero-order valence-corrected chi connectivity index (χ0v) is 14.5. The molecule has 0 aromatic heterocycles. The average molecular weight is 383 g/mol. The number of carbonyl (C=O) groups is 2. The van der Waals surface area contributed by atoms with E-state index in [1.54, 1.807) is 18.2 Å². The van der Waals surface area contributed by atoms with Gasteiger partial charge in [0.1, 0.15) is 12.4 Å². The Morgan fingerprint density at radius 3 is 3.09 bits per heavy atom. The van der Waals surface area contributed by atoms with E-state index in [-0.39, 0.29) is 28.9 Å². The second kappa shape index (κ2) is 7.61. The van der Waals surface area contributed by atoms with Crippen molar-refractivity contribution in [1.82, 2.24) is 10.2 Å². The van der Waals surface area contributed by atoms with Crippen molar-refractivity contribution < 1.29 is 19.1 Å². The number of esters is 1. The highest BCUT2D eigenvalue weighted by Crippen LogP contribution is 2.29. The van der Waals surface area contributed by atoms with E-state index in [9.17, 15) is 9.59 Å². The molecule has 1 saturated heterocycles. The molecule has 0 bridgehead atoms. The number of hydrogen-bond acceptors (Lipinski definition) is 5. The van der Waals surface area contributed by atoms with Gasteiger partial charge in [-0.1, -0.05) is 12.1 Å². The van der Waals surface area contributed by atoms with Gasteiger partial charge in [0.25, 0.3) is 5.91 Å². The molecule has 1 N–H and O–H groups in total. The van der Waals surface area contributed by atoms with Gasteiger partial charge in [-0.15, -0.1) is 17.0 Å². The smallest absolute Gasteiger partial charge is 0.330 e. The first kappa shape index (κ1) is 17.5. The number of nitrogens with zero attached hydrogens (tertiary/aromatic N) is 1. The zero-order chi connectivity index (χ0) is 15.5. The molecule has 3 rings (SSSR count). The predicted molar refractivity (Wildman–Crippen MR) is 91.0 cm³/mol. The number of halogens is 1. The highest BCUT2D eigenvalue weighted by Gasteiger charge is 2.33. The summed E-state index contributed by atoms with van der Waals surface area (Å²) in [5.41, 5.74) is 1.17. The van der Waals surface area contributed by atoms with Crippen molar-refractivity contribution in [3.8, 4) is 5.75 Å². The topological polar surface area (TPSA) is 67.9 Å². The maximum Gasteiger partial charge on any atom is 0.330 e. The number of rotatable bonds is 2. The predicted octanol–water partition coefficient (Wildman–Crippen LogP) is 1.26. The van der Waals surface area contributed by atoms with Crippen LogP contribution in [0.25, 0.3) is 6.08 Å². The normalized spacial score (nSPS) is 20.0. The van der Waals surface area contributed by atoms with E-state index in [1.165, 1.54) is 13.2 Å². The number of methoxy groups -OCH3 is 1. The third-order valence-corrected chi connectivity index (χ3v) is 3.91. The van der Waals surface area contributed by atoms with Crippen LogP contribution in [0.3, 0.4) is 0 Å². The molecule has 1 atom stereocenters. The Balaban J connectivity index is 0.00000192. The van der Waals surface area contributed by atoms with Crippen LogP contribution in [0.15, 0.2) is 24.3 Å². The summed E-state index contributed by atoms with van der Waals surface area (Å²) in [6, 6.07) is 5.42. The molecule has 1 unspecified atom stereocenters. The van der Waals surface area contributed by atoms with E-state index in [0.717, 1.165) is 13.1 Å². The quantitative estimate of drug-likeness (QED) is 0.615. The Bertz CT molecular complexity index is 633. The molecule has 1 aromatic carbocycles. The van der Waals surface area contributed by atoms with E-state index < -0.39 is 5.97 Å². The number of carbonyl (C=O) groups excluding carboxylic acids is 2. The summed E-state index contributed by atoms with van der Waals surface area (Å²) >= 11 is 0. The van der Waals surface area contributed by atoms with Crippen LogP contribution >= 0.6 is 17.0 Å². The largest absolute Gasteiger partial charge is 0.491 e. The minimum absolute atomic E-state index is 0. The van der Waals surface area contributed by atoms with Crippen LogP contribution in [-0.2, 0) is 9.53 Å². The molecule has 6 nitrogen and oxygen atoms in total. The van der Waals surface area contributed by atoms with Crippen LogP contribution in [0.1, 0.15) is 15.9 Å². The minimum atomic E-state index is -0.459. The zero-order valence-electron chi connectivity index (χ0n) is 12.8. The Morgan fingerprint density at radius 2 is 2.30 bits per heavy atom. The van der Waals surface area contributed by atoms with E-state index >= 15 is 0 Å². The van der Waals surface area contributed by atoms with E-state index in [2.05, 4.69) is 10.1 Å². The molecule has 0 saturated carbocycles. The second-order valence-corrected chi connectivity index (χ2v) is 5.24. The second-order valence-electron chi connectivity index (χ2n) is 5.24. The fraction of sp³-hybridized carbons (Fsp3) is 0.375. The van der Waals surface area contributed by atoms with Crippen molar-refractivity contribution in [2.45, 2.75) is 6.04 Å². The summed E-state index contributed by atoms with van der Waals surface area (Å²) in [6.45, 7) is 2.63. The fourth-order valence-electron chi connectivity index (χ4n) is 2.77. The molecule has 0 radical (unpaired) electrons. The van der Waals surface area contributed by atoms with Gasteiger partial charge in [-0.25, -0.2) is 4.79 Å². The Kier molecular flexibility index (Phi) is 5.79. The molecule has 2 heterocycles. The first-order chi connectivity index (χ1) is 10.7. The van der Waals surface area contributed by atoms with Gasteiger partial charge in [0.2, 0.25) is 0 Å². The summed E-state index contributed by atoms with van der Waals surface area (Å²) in [4.78, 5) is 26.0. The number of ether oxygens (including phenoxy) is 2. The molecule has 0 spiro atoms. The van der Waals surface area contributed by atoms with Crippen LogP contribution in [0.4, 0.5) is 0 Å². The number of piperazine rings is 1. The summed E-state index contributed by atoms with van der Waals surface area (Å²) in [6.07, 6.45) is 2.90. The molecule has 1 aromatic rings. The molecule has 2 aliphatic rings. The highest BCUT2D eigenvalue weighted by atomic mass is 79.9. The number of benzene rings is 1. The number of fused-ring (bicyclic) bond motifs is 2. The van der Waals surface area contributed by atoms with Gasteiger partial charge in [-0.05, 0) is 17.7 Å². The molecular weight excluding hydrogens is 364 g/mol. The highest BCUT2D eigenvalue weighted by molar-refractivity contribution is 8.93. The van der Waals surface area contributed by atoms with Crippen LogP contribution in [0.2, 0.25) is 0 Å². The monoisotopic (exact) mass is 382 g/mol. The van der Waals surface area contributed by atoms with Crippen LogP contribution in [0, 0.1) is 0 Å². The number of nitrogens with one attached hydrogen (secondary N) is 1. The lowest BCUT2D eigenvalue weighted by Crippen LogP contribution is -2.54.